The summed E-state index contributed by atoms with van der Waals surface area (Å²) in [4.78, 5) is 27.8. The van der Waals surface area contributed by atoms with Crippen molar-refractivity contribution in [3.63, 3.8) is 0 Å². The molecule has 1 N–H and O–H groups in total. The number of amides is 1. The van der Waals surface area contributed by atoms with Crippen molar-refractivity contribution in [3.8, 4) is 0 Å². The normalized spacial score (nSPS) is 42.5. The third kappa shape index (κ3) is 1.99. The van der Waals surface area contributed by atoms with Gasteiger partial charge in [-0.25, -0.2) is 5.48 Å². The first-order valence-corrected chi connectivity index (χ1v) is 6.55. The van der Waals surface area contributed by atoms with Crippen molar-refractivity contribution in [3.05, 3.63) is 0 Å². The summed E-state index contributed by atoms with van der Waals surface area (Å²) in [5.41, 5.74) is 2.18. The van der Waals surface area contributed by atoms with Gasteiger partial charge in [-0.1, -0.05) is 0 Å². The molecule has 0 heterocycles. The molecule has 0 aromatic heterocycles. The fourth-order valence-corrected chi connectivity index (χ4v) is 4.38. The predicted octanol–water partition coefficient (Wildman–Crippen LogP) is 1.59. The molecule has 0 aromatic carbocycles. The van der Waals surface area contributed by atoms with Crippen LogP contribution in [0, 0.1) is 17.8 Å². The van der Waals surface area contributed by atoms with Crippen LogP contribution >= 0.6 is 0 Å². The molecule has 4 rings (SSSR count). The maximum absolute atomic E-state index is 11.3. The molecule has 0 unspecified atom stereocenters. The van der Waals surface area contributed by atoms with Crippen molar-refractivity contribution in [2.75, 3.05) is 0 Å². The van der Waals surface area contributed by atoms with E-state index in [1.54, 1.807) is 0 Å². The summed E-state index contributed by atoms with van der Waals surface area (Å²) < 4.78 is 0. The highest BCUT2D eigenvalue weighted by molar-refractivity contribution is 6.34. The zero-order chi connectivity index (χ0) is 12.0. The van der Waals surface area contributed by atoms with Crippen LogP contribution in [0.5, 0.6) is 0 Å². The molecule has 4 heteroatoms. The summed E-state index contributed by atoms with van der Waals surface area (Å²) in [7, 11) is 0. The van der Waals surface area contributed by atoms with Gasteiger partial charge in [0.1, 0.15) is 0 Å². The van der Waals surface area contributed by atoms with Gasteiger partial charge >= 0.3 is 5.91 Å². The third-order valence-corrected chi connectivity index (χ3v) is 4.66. The minimum absolute atomic E-state index is 0.167. The van der Waals surface area contributed by atoms with Gasteiger partial charge in [0.15, 0.2) is 0 Å². The lowest BCUT2D eigenvalue weighted by Gasteiger charge is -2.55. The topological polar surface area (TPSA) is 55.4 Å². The first-order chi connectivity index (χ1) is 8.06. The molecule has 4 aliphatic carbocycles. The highest BCUT2D eigenvalue weighted by Crippen LogP contribution is 2.56. The van der Waals surface area contributed by atoms with Gasteiger partial charge in [0.2, 0.25) is 5.78 Å². The minimum atomic E-state index is -0.624. The second-order valence-corrected chi connectivity index (χ2v) is 6.19. The Kier molecular flexibility index (Phi) is 2.51. The lowest BCUT2D eigenvalue weighted by atomic mass is 9.54. The molecule has 4 aliphatic rings. The van der Waals surface area contributed by atoms with E-state index in [1.165, 1.54) is 26.2 Å². The highest BCUT2D eigenvalue weighted by Gasteiger charge is 2.52. The van der Waals surface area contributed by atoms with Crippen LogP contribution in [0.15, 0.2) is 0 Å². The molecule has 4 fully saturated rings. The second kappa shape index (κ2) is 3.80. The molecule has 4 saturated carbocycles. The maximum Gasteiger partial charge on any atom is 0.310 e. The van der Waals surface area contributed by atoms with E-state index in [-0.39, 0.29) is 5.60 Å². The number of Topliss-reactive ketones (excluding diaryl/α,β-unsaturated/α-hetero) is 1. The lowest BCUT2D eigenvalue weighted by Crippen LogP contribution is -2.54. The van der Waals surface area contributed by atoms with Crippen molar-refractivity contribution >= 4 is 11.7 Å². The van der Waals surface area contributed by atoms with Gasteiger partial charge in [0, 0.05) is 6.92 Å². The van der Waals surface area contributed by atoms with Gasteiger partial charge in [-0.05, 0) is 56.3 Å². The van der Waals surface area contributed by atoms with Gasteiger partial charge in [-0.15, -0.1) is 0 Å². The van der Waals surface area contributed by atoms with Crippen LogP contribution in [0.2, 0.25) is 0 Å². The Morgan fingerprint density at radius 3 is 1.94 bits per heavy atom. The van der Waals surface area contributed by atoms with E-state index in [1.807, 2.05) is 0 Å². The SMILES string of the molecule is CC(=O)C(=O)NOC12CC3CC(CC(C3)C1)C2. The van der Waals surface area contributed by atoms with Gasteiger partial charge in [-0.2, -0.15) is 0 Å². The van der Waals surface area contributed by atoms with Crippen LogP contribution in [0.3, 0.4) is 0 Å². The number of hydrogen-bond donors (Lipinski definition) is 1. The minimum Gasteiger partial charge on any atom is -0.289 e. The molecule has 4 bridgehead atoms. The second-order valence-electron chi connectivity index (χ2n) is 6.19. The Bertz CT molecular complexity index is 328. The van der Waals surface area contributed by atoms with Gasteiger partial charge in [-0.3, -0.25) is 14.4 Å². The summed E-state index contributed by atoms with van der Waals surface area (Å²) in [6, 6.07) is 0. The Hall–Kier alpha value is -0.900. The van der Waals surface area contributed by atoms with Crippen molar-refractivity contribution in [2.45, 2.75) is 51.0 Å². The Morgan fingerprint density at radius 2 is 1.53 bits per heavy atom. The monoisotopic (exact) mass is 237 g/mol. The molecule has 1 amide bonds. The number of rotatable bonds is 3. The van der Waals surface area contributed by atoms with Crippen molar-refractivity contribution in [2.24, 2.45) is 17.8 Å². The average molecular weight is 237 g/mol. The molecule has 0 atom stereocenters. The average Bonchev–Trinajstić information content (AvgIpc) is 2.24. The fourth-order valence-electron chi connectivity index (χ4n) is 4.38. The van der Waals surface area contributed by atoms with Crippen LogP contribution in [-0.4, -0.2) is 17.3 Å². The standard InChI is InChI=1S/C13H19NO3/c1-8(15)12(16)14-17-13-5-9-2-10(6-13)4-11(3-9)7-13/h9-11H,2-7H2,1H3,(H,14,16). The van der Waals surface area contributed by atoms with E-state index >= 15 is 0 Å². The molecular weight excluding hydrogens is 218 g/mol. The van der Waals surface area contributed by atoms with E-state index in [0.717, 1.165) is 37.0 Å². The molecular formula is C13H19NO3. The van der Waals surface area contributed by atoms with Crippen LogP contribution in [0.4, 0.5) is 0 Å². The molecule has 0 spiro atoms. The molecule has 0 aromatic rings. The zero-order valence-corrected chi connectivity index (χ0v) is 10.2. The number of ketones is 1. The zero-order valence-electron chi connectivity index (χ0n) is 10.2. The lowest BCUT2D eigenvalue weighted by molar-refractivity contribution is -0.200. The summed E-state index contributed by atoms with van der Waals surface area (Å²) >= 11 is 0. The van der Waals surface area contributed by atoms with Crippen molar-refractivity contribution in [1.29, 1.82) is 0 Å². The van der Waals surface area contributed by atoms with Crippen LogP contribution in [0.1, 0.15) is 45.4 Å². The molecule has 94 valence electrons. The van der Waals surface area contributed by atoms with Crippen molar-refractivity contribution in [1.82, 2.24) is 5.48 Å². The quantitative estimate of drug-likeness (QED) is 0.599. The smallest absolute Gasteiger partial charge is 0.289 e. The third-order valence-electron chi connectivity index (χ3n) is 4.66. The van der Waals surface area contributed by atoms with Gasteiger partial charge in [0.05, 0.1) is 5.60 Å². The predicted molar refractivity (Wildman–Crippen MR) is 60.8 cm³/mol. The van der Waals surface area contributed by atoms with Gasteiger partial charge < -0.3 is 0 Å². The van der Waals surface area contributed by atoms with Crippen LogP contribution < -0.4 is 5.48 Å². The summed E-state index contributed by atoms with van der Waals surface area (Å²) in [6.45, 7) is 1.26. The summed E-state index contributed by atoms with van der Waals surface area (Å²) in [6.07, 6.45) is 7.17. The summed E-state index contributed by atoms with van der Waals surface area (Å²) in [5, 5.41) is 0. The first kappa shape index (κ1) is 11.2. The molecule has 0 saturated heterocycles. The molecule has 4 nitrogen and oxygen atoms in total. The Labute approximate surface area is 101 Å². The molecule has 0 radical (unpaired) electrons. The molecule has 17 heavy (non-hydrogen) atoms. The Balaban J connectivity index is 1.66. The van der Waals surface area contributed by atoms with Crippen LogP contribution in [0.25, 0.3) is 0 Å². The van der Waals surface area contributed by atoms with E-state index in [0.29, 0.717) is 0 Å². The van der Waals surface area contributed by atoms with E-state index < -0.39 is 11.7 Å². The number of carbonyl (C=O) groups excluding carboxylic acids is 2. The first-order valence-electron chi connectivity index (χ1n) is 6.55. The largest absolute Gasteiger partial charge is 0.310 e. The number of hydrogen-bond acceptors (Lipinski definition) is 3. The number of nitrogens with one attached hydrogen (secondary N) is 1. The number of carbonyl (C=O) groups is 2. The van der Waals surface area contributed by atoms with E-state index in [2.05, 4.69) is 5.48 Å². The van der Waals surface area contributed by atoms with Crippen LogP contribution in [-0.2, 0) is 14.4 Å². The number of hydroxylamine groups is 1. The Morgan fingerprint density at radius 1 is 1.06 bits per heavy atom. The molecule has 0 aliphatic heterocycles. The van der Waals surface area contributed by atoms with E-state index in [9.17, 15) is 9.59 Å². The summed E-state index contributed by atoms with van der Waals surface area (Å²) in [5.74, 6) is 1.21. The van der Waals surface area contributed by atoms with Gasteiger partial charge in [0.25, 0.3) is 0 Å². The fraction of sp³-hybridized carbons (Fsp3) is 0.846. The van der Waals surface area contributed by atoms with Crippen molar-refractivity contribution < 1.29 is 14.4 Å². The van der Waals surface area contributed by atoms with E-state index in [4.69, 9.17) is 4.84 Å². The maximum atomic E-state index is 11.3. The highest BCUT2D eigenvalue weighted by atomic mass is 16.7.